The molecule has 4 rings (SSSR count). The number of fused-ring (bicyclic) bond motifs is 1. The molecule has 1 saturated heterocycles. The highest BCUT2D eigenvalue weighted by atomic mass is 35.5. The van der Waals surface area contributed by atoms with Crippen LogP contribution in [0.1, 0.15) is 76.1 Å². The molecular formula is C27H34ClN3O2. The molecule has 0 bridgehead atoms. The Kier molecular flexibility index (Phi) is 6.45. The van der Waals surface area contributed by atoms with Crippen molar-refractivity contribution in [2.24, 2.45) is 0 Å². The summed E-state index contributed by atoms with van der Waals surface area (Å²) in [5.41, 5.74) is 6.40. The highest BCUT2D eigenvalue weighted by molar-refractivity contribution is 6.29. The lowest BCUT2D eigenvalue weighted by molar-refractivity contribution is 0.0205. The average Bonchev–Trinajstić information content (AvgIpc) is 3.11. The first-order chi connectivity index (χ1) is 15.5. The number of carbonyl (C=O) groups is 1. The van der Waals surface area contributed by atoms with Crippen molar-refractivity contribution in [2.75, 3.05) is 13.1 Å². The second kappa shape index (κ2) is 9.02. The van der Waals surface area contributed by atoms with Crippen molar-refractivity contribution in [3.63, 3.8) is 0 Å². The quantitative estimate of drug-likeness (QED) is 0.407. The van der Waals surface area contributed by atoms with Gasteiger partial charge < -0.3 is 14.6 Å². The Morgan fingerprint density at radius 1 is 1.18 bits per heavy atom. The molecule has 1 amide bonds. The van der Waals surface area contributed by atoms with Gasteiger partial charge in [0.1, 0.15) is 10.8 Å². The van der Waals surface area contributed by atoms with Gasteiger partial charge in [-0.15, -0.1) is 0 Å². The third-order valence-corrected chi connectivity index (χ3v) is 6.46. The summed E-state index contributed by atoms with van der Waals surface area (Å²) in [5, 5.41) is 1.77. The normalized spacial score (nSPS) is 15.5. The van der Waals surface area contributed by atoms with Gasteiger partial charge in [0, 0.05) is 35.2 Å². The SMILES string of the molecule is Cc1cc(-c2[nH]c3ccc(C4CCN(C(=O)OC(C)(C)C)CC4)cc3c2C(C)C)cc(Cl)n1. The molecule has 0 saturated carbocycles. The van der Waals surface area contributed by atoms with Crippen molar-refractivity contribution in [2.45, 2.75) is 71.8 Å². The van der Waals surface area contributed by atoms with Gasteiger partial charge in [0.25, 0.3) is 0 Å². The van der Waals surface area contributed by atoms with E-state index in [0.29, 0.717) is 17.0 Å². The fourth-order valence-corrected chi connectivity index (χ4v) is 5.06. The summed E-state index contributed by atoms with van der Waals surface area (Å²) in [7, 11) is 0. The Labute approximate surface area is 201 Å². The number of ether oxygens (including phenoxy) is 1. The fraction of sp³-hybridized carbons (Fsp3) is 0.481. The largest absolute Gasteiger partial charge is 0.444 e. The number of nitrogens with zero attached hydrogens (tertiary/aromatic N) is 2. The molecule has 0 aliphatic carbocycles. The van der Waals surface area contributed by atoms with Gasteiger partial charge in [0.05, 0.1) is 5.69 Å². The molecule has 1 aliphatic rings. The van der Waals surface area contributed by atoms with E-state index >= 15 is 0 Å². The minimum Gasteiger partial charge on any atom is -0.444 e. The fourth-order valence-electron chi connectivity index (χ4n) is 4.81. The van der Waals surface area contributed by atoms with Gasteiger partial charge in [-0.25, -0.2) is 9.78 Å². The van der Waals surface area contributed by atoms with Crippen LogP contribution >= 0.6 is 11.6 Å². The number of hydrogen-bond acceptors (Lipinski definition) is 3. The van der Waals surface area contributed by atoms with Crippen LogP contribution in [-0.4, -0.2) is 39.7 Å². The number of hydrogen-bond donors (Lipinski definition) is 1. The maximum Gasteiger partial charge on any atom is 0.410 e. The highest BCUT2D eigenvalue weighted by Gasteiger charge is 2.28. The van der Waals surface area contributed by atoms with Gasteiger partial charge >= 0.3 is 6.09 Å². The number of rotatable bonds is 3. The third kappa shape index (κ3) is 5.19. The van der Waals surface area contributed by atoms with E-state index < -0.39 is 5.60 Å². The molecule has 1 fully saturated rings. The van der Waals surface area contributed by atoms with E-state index in [0.717, 1.165) is 48.4 Å². The van der Waals surface area contributed by atoms with E-state index in [4.69, 9.17) is 16.3 Å². The Hall–Kier alpha value is -2.53. The second-order valence-electron chi connectivity index (χ2n) is 10.4. The van der Waals surface area contributed by atoms with Crippen LogP contribution < -0.4 is 0 Å². The first-order valence-electron chi connectivity index (χ1n) is 11.8. The van der Waals surface area contributed by atoms with Crippen molar-refractivity contribution >= 4 is 28.6 Å². The topological polar surface area (TPSA) is 58.2 Å². The molecular weight excluding hydrogens is 434 g/mol. The third-order valence-electron chi connectivity index (χ3n) is 6.27. The monoisotopic (exact) mass is 467 g/mol. The van der Waals surface area contributed by atoms with Gasteiger partial charge in [0.15, 0.2) is 0 Å². The van der Waals surface area contributed by atoms with Gasteiger partial charge in [-0.1, -0.05) is 31.5 Å². The first-order valence-corrected chi connectivity index (χ1v) is 12.2. The average molecular weight is 468 g/mol. The molecule has 6 heteroatoms. The number of carbonyl (C=O) groups excluding carboxylic acids is 1. The molecule has 3 heterocycles. The van der Waals surface area contributed by atoms with E-state index in [1.165, 1.54) is 16.5 Å². The Bertz CT molecular complexity index is 1150. The number of H-pyrrole nitrogens is 1. The van der Waals surface area contributed by atoms with Gasteiger partial charge in [-0.3, -0.25) is 0 Å². The second-order valence-corrected chi connectivity index (χ2v) is 10.8. The Balaban J connectivity index is 1.61. The summed E-state index contributed by atoms with van der Waals surface area (Å²) in [6.45, 7) is 13.6. The van der Waals surface area contributed by atoms with Crippen molar-refractivity contribution in [1.82, 2.24) is 14.9 Å². The number of amides is 1. The lowest BCUT2D eigenvalue weighted by Crippen LogP contribution is -2.41. The molecule has 0 unspecified atom stereocenters. The summed E-state index contributed by atoms with van der Waals surface area (Å²) in [6, 6.07) is 10.8. The van der Waals surface area contributed by atoms with Gasteiger partial charge in [0.2, 0.25) is 0 Å². The molecule has 1 aromatic carbocycles. The standard InChI is InChI=1S/C27H34ClN3O2/c1-16(2)24-21-14-19(18-9-11-31(12-10-18)26(32)33-27(4,5)6)7-8-22(21)30-25(24)20-13-17(3)29-23(28)15-20/h7-8,13-16,18,30H,9-12H2,1-6H3. The number of pyridine rings is 1. The molecule has 33 heavy (non-hydrogen) atoms. The number of halogens is 1. The molecule has 1 N–H and O–H groups in total. The number of likely N-dealkylation sites (tertiary alicyclic amines) is 1. The highest BCUT2D eigenvalue weighted by Crippen LogP contribution is 2.39. The maximum absolute atomic E-state index is 12.4. The van der Waals surface area contributed by atoms with Gasteiger partial charge in [-0.2, -0.15) is 0 Å². The van der Waals surface area contributed by atoms with E-state index in [9.17, 15) is 4.79 Å². The molecule has 176 valence electrons. The zero-order valence-electron chi connectivity index (χ0n) is 20.5. The maximum atomic E-state index is 12.4. The number of aryl methyl sites for hydroxylation is 1. The molecule has 3 aromatic rings. The van der Waals surface area contributed by atoms with Crippen LogP contribution in [0.3, 0.4) is 0 Å². The summed E-state index contributed by atoms with van der Waals surface area (Å²) in [4.78, 5) is 22.2. The van der Waals surface area contributed by atoms with E-state index in [1.807, 2.05) is 38.7 Å². The van der Waals surface area contributed by atoms with E-state index in [1.54, 1.807) is 0 Å². The summed E-state index contributed by atoms with van der Waals surface area (Å²) in [6.07, 6.45) is 1.68. The molecule has 0 radical (unpaired) electrons. The zero-order chi connectivity index (χ0) is 23.9. The number of nitrogens with one attached hydrogen (secondary N) is 1. The smallest absolute Gasteiger partial charge is 0.410 e. The van der Waals surface area contributed by atoms with Crippen LogP contribution in [0.25, 0.3) is 22.2 Å². The van der Waals surface area contributed by atoms with Crippen LogP contribution in [0.2, 0.25) is 5.15 Å². The first kappa shape index (κ1) is 23.6. The molecule has 0 spiro atoms. The van der Waals surface area contributed by atoms with Crippen molar-refractivity contribution in [3.05, 3.63) is 52.3 Å². The molecule has 2 aromatic heterocycles. The summed E-state index contributed by atoms with van der Waals surface area (Å²) < 4.78 is 5.55. The van der Waals surface area contributed by atoms with Crippen molar-refractivity contribution < 1.29 is 9.53 Å². The zero-order valence-corrected chi connectivity index (χ0v) is 21.2. The van der Waals surface area contributed by atoms with E-state index in [-0.39, 0.29) is 6.09 Å². The predicted molar refractivity (Wildman–Crippen MR) is 135 cm³/mol. The summed E-state index contributed by atoms with van der Waals surface area (Å²) >= 11 is 6.26. The minimum absolute atomic E-state index is 0.208. The molecule has 5 nitrogen and oxygen atoms in total. The predicted octanol–water partition coefficient (Wildman–Crippen LogP) is 7.43. The molecule has 1 aliphatic heterocycles. The lowest BCUT2D eigenvalue weighted by Gasteiger charge is -2.33. The number of benzene rings is 1. The lowest BCUT2D eigenvalue weighted by atomic mass is 9.87. The van der Waals surface area contributed by atoms with E-state index in [2.05, 4.69) is 48.1 Å². The Morgan fingerprint density at radius 3 is 2.48 bits per heavy atom. The van der Waals surface area contributed by atoms with Crippen LogP contribution in [0.15, 0.2) is 30.3 Å². The number of piperidine rings is 1. The molecule has 0 atom stereocenters. The van der Waals surface area contributed by atoms with Crippen LogP contribution in [0, 0.1) is 6.92 Å². The van der Waals surface area contributed by atoms with Crippen LogP contribution in [-0.2, 0) is 4.74 Å². The minimum atomic E-state index is -0.463. The van der Waals surface area contributed by atoms with Crippen molar-refractivity contribution in [1.29, 1.82) is 0 Å². The number of aromatic nitrogens is 2. The Morgan fingerprint density at radius 2 is 1.88 bits per heavy atom. The van der Waals surface area contributed by atoms with Crippen LogP contribution in [0.5, 0.6) is 0 Å². The van der Waals surface area contributed by atoms with Crippen molar-refractivity contribution in [3.8, 4) is 11.3 Å². The summed E-state index contributed by atoms with van der Waals surface area (Å²) in [5.74, 6) is 0.786. The number of aromatic amines is 1. The van der Waals surface area contributed by atoms with Crippen LogP contribution in [0.4, 0.5) is 4.79 Å². The van der Waals surface area contributed by atoms with Gasteiger partial charge in [-0.05, 0) is 87.8 Å².